The molecule has 1 unspecified atom stereocenters. The summed E-state index contributed by atoms with van der Waals surface area (Å²) in [5.41, 5.74) is 2.42. The average Bonchev–Trinajstić information content (AvgIpc) is 3.21. The largest absolute Gasteiger partial charge is 0.401 e. The number of benzene rings is 1. The molecule has 1 aromatic carbocycles. The highest BCUT2D eigenvalue weighted by Crippen LogP contribution is 2.33. The number of rotatable bonds is 4. The summed E-state index contributed by atoms with van der Waals surface area (Å²) in [5, 5.41) is 3.37. The van der Waals surface area contributed by atoms with Crippen molar-refractivity contribution in [3.05, 3.63) is 35.4 Å². The molecule has 2 aliphatic rings. The van der Waals surface area contributed by atoms with Crippen LogP contribution in [0.1, 0.15) is 30.0 Å². The van der Waals surface area contributed by atoms with E-state index in [1.807, 2.05) is 18.2 Å². The lowest BCUT2D eigenvalue weighted by atomic mass is 9.94. The van der Waals surface area contributed by atoms with Gasteiger partial charge < -0.3 is 5.32 Å². The molecule has 2 nitrogen and oxygen atoms in total. The average molecular weight is 284 g/mol. The van der Waals surface area contributed by atoms with Crippen LogP contribution in [-0.2, 0) is 6.42 Å². The summed E-state index contributed by atoms with van der Waals surface area (Å²) in [7, 11) is 0. The first-order chi connectivity index (χ1) is 9.53. The van der Waals surface area contributed by atoms with Crippen LogP contribution >= 0.6 is 0 Å². The number of halogens is 3. The predicted octanol–water partition coefficient (Wildman–Crippen LogP) is 2.90. The predicted molar refractivity (Wildman–Crippen MR) is 71.5 cm³/mol. The summed E-state index contributed by atoms with van der Waals surface area (Å²) in [6.07, 6.45) is -1.37. The Labute approximate surface area is 117 Å². The van der Waals surface area contributed by atoms with Gasteiger partial charge in [-0.05, 0) is 36.9 Å². The third-order valence-corrected chi connectivity index (χ3v) is 4.08. The number of nitrogens with zero attached hydrogens (tertiary/aromatic N) is 1. The highest BCUT2D eigenvalue weighted by molar-refractivity contribution is 5.32. The fourth-order valence-corrected chi connectivity index (χ4v) is 3.00. The van der Waals surface area contributed by atoms with Crippen molar-refractivity contribution < 1.29 is 13.2 Å². The van der Waals surface area contributed by atoms with Gasteiger partial charge in [0.25, 0.3) is 0 Å². The molecule has 0 amide bonds. The van der Waals surface area contributed by atoms with Crippen LogP contribution in [0.5, 0.6) is 0 Å². The van der Waals surface area contributed by atoms with Gasteiger partial charge >= 0.3 is 6.18 Å². The molecule has 3 rings (SSSR count). The minimum Gasteiger partial charge on any atom is -0.309 e. The van der Waals surface area contributed by atoms with Crippen LogP contribution in [0.15, 0.2) is 24.3 Å². The maximum atomic E-state index is 12.7. The minimum atomic E-state index is -4.11. The molecule has 1 aliphatic heterocycles. The van der Waals surface area contributed by atoms with Gasteiger partial charge in [0, 0.05) is 18.6 Å². The Morgan fingerprint density at radius 3 is 2.65 bits per heavy atom. The lowest BCUT2D eigenvalue weighted by Gasteiger charge is -2.32. The number of hydrogen-bond donors (Lipinski definition) is 1. The molecule has 0 bridgehead atoms. The summed E-state index contributed by atoms with van der Waals surface area (Å²) < 4.78 is 38.0. The molecule has 20 heavy (non-hydrogen) atoms. The zero-order chi connectivity index (χ0) is 14.2. The van der Waals surface area contributed by atoms with Crippen molar-refractivity contribution >= 4 is 0 Å². The first-order valence-electron chi connectivity index (χ1n) is 7.15. The second kappa shape index (κ2) is 5.37. The summed E-state index contributed by atoms with van der Waals surface area (Å²) in [4.78, 5) is 1.60. The number of hydrogen-bond acceptors (Lipinski definition) is 2. The zero-order valence-corrected chi connectivity index (χ0v) is 11.3. The topological polar surface area (TPSA) is 15.3 Å². The Hall–Kier alpha value is -1.07. The van der Waals surface area contributed by atoms with E-state index in [-0.39, 0.29) is 12.1 Å². The van der Waals surface area contributed by atoms with Crippen LogP contribution in [0, 0.1) is 0 Å². The fraction of sp³-hybridized carbons (Fsp3) is 0.600. The highest BCUT2D eigenvalue weighted by atomic mass is 19.4. The standard InChI is InChI=1S/C15H19F3N2/c16-15(17,18)10-20(12-5-6-12)9-14-13-4-2-1-3-11(13)7-8-19-14/h1-4,12,14,19H,5-10H2. The molecular weight excluding hydrogens is 265 g/mol. The lowest BCUT2D eigenvalue weighted by Crippen LogP contribution is -2.43. The molecule has 0 spiro atoms. The zero-order valence-electron chi connectivity index (χ0n) is 11.3. The number of nitrogens with one attached hydrogen (secondary N) is 1. The first kappa shape index (κ1) is 13.9. The van der Waals surface area contributed by atoms with E-state index in [4.69, 9.17) is 0 Å². The van der Waals surface area contributed by atoms with E-state index in [0.717, 1.165) is 31.4 Å². The van der Waals surface area contributed by atoms with E-state index in [9.17, 15) is 13.2 Å². The number of alkyl halides is 3. The lowest BCUT2D eigenvalue weighted by molar-refractivity contribution is -0.148. The van der Waals surface area contributed by atoms with Gasteiger partial charge in [-0.15, -0.1) is 0 Å². The van der Waals surface area contributed by atoms with Gasteiger partial charge in [-0.2, -0.15) is 13.2 Å². The molecular formula is C15H19F3N2. The Morgan fingerprint density at radius 1 is 1.20 bits per heavy atom. The van der Waals surface area contributed by atoms with Crippen molar-refractivity contribution in [3.63, 3.8) is 0 Å². The van der Waals surface area contributed by atoms with Crippen LogP contribution in [0.3, 0.4) is 0 Å². The van der Waals surface area contributed by atoms with Crippen LogP contribution in [0.25, 0.3) is 0 Å². The second-order valence-corrected chi connectivity index (χ2v) is 5.73. The third-order valence-electron chi connectivity index (χ3n) is 4.08. The molecule has 1 aromatic rings. The van der Waals surface area contributed by atoms with Gasteiger partial charge in [0.05, 0.1) is 6.54 Å². The van der Waals surface area contributed by atoms with Gasteiger partial charge in [-0.1, -0.05) is 24.3 Å². The third kappa shape index (κ3) is 3.33. The molecule has 1 N–H and O–H groups in total. The van der Waals surface area contributed by atoms with Gasteiger partial charge in [-0.25, -0.2) is 0 Å². The molecule has 1 atom stereocenters. The van der Waals surface area contributed by atoms with Crippen LogP contribution in [-0.4, -0.2) is 36.8 Å². The van der Waals surface area contributed by atoms with Gasteiger partial charge in [0.15, 0.2) is 0 Å². The second-order valence-electron chi connectivity index (χ2n) is 5.73. The molecule has 1 aliphatic carbocycles. The Balaban J connectivity index is 1.73. The van der Waals surface area contributed by atoms with Crippen molar-refractivity contribution in [2.75, 3.05) is 19.6 Å². The van der Waals surface area contributed by atoms with Gasteiger partial charge in [0.2, 0.25) is 0 Å². The van der Waals surface area contributed by atoms with Crippen molar-refractivity contribution in [2.24, 2.45) is 0 Å². The Kier molecular flexibility index (Phi) is 3.73. The van der Waals surface area contributed by atoms with E-state index >= 15 is 0 Å². The van der Waals surface area contributed by atoms with Gasteiger partial charge in [-0.3, -0.25) is 4.90 Å². The van der Waals surface area contributed by atoms with E-state index in [1.165, 1.54) is 5.56 Å². The maximum Gasteiger partial charge on any atom is 0.401 e. The molecule has 0 aromatic heterocycles. The monoisotopic (exact) mass is 284 g/mol. The Morgan fingerprint density at radius 2 is 1.95 bits per heavy atom. The fourth-order valence-electron chi connectivity index (χ4n) is 3.00. The normalized spacial score (nSPS) is 22.9. The summed E-state index contributed by atoms with van der Waals surface area (Å²) >= 11 is 0. The van der Waals surface area contributed by atoms with E-state index in [2.05, 4.69) is 11.4 Å². The van der Waals surface area contributed by atoms with Crippen molar-refractivity contribution in [3.8, 4) is 0 Å². The highest BCUT2D eigenvalue weighted by Gasteiger charge is 2.39. The van der Waals surface area contributed by atoms with E-state index < -0.39 is 12.7 Å². The minimum absolute atomic E-state index is 0.0166. The SMILES string of the molecule is FC(F)(F)CN(CC1NCCc2ccccc21)C1CC1. The molecule has 1 heterocycles. The molecule has 110 valence electrons. The summed E-state index contributed by atoms with van der Waals surface area (Å²) in [6.45, 7) is 0.491. The van der Waals surface area contributed by atoms with Crippen LogP contribution < -0.4 is 5.32 Å². The van der Waals surface area contributed by atoms with Crippen molar-refractivity contribution in [2.45, 2.75) is 37.5 Å². The maximum absolute atomic E-state index is 12.7. The van der Waals surface area contributed by atoms with Gasteiger partial charge in [0.1, 0.15) is 0 Å². The summed E-state index contributed by atoms with van der Waals surface area (Å²) in [6, 6.07) is 8.20. The molecule has 1 saturated carbocycles. The van der Waals surface area contributed by atoms with E-state index in [1.54, 1.807) is 4.90 Å². The van der Waals surface area contributed by atoms with E-state index in [0.29, 0.717) is 6.54 Å². The van der Waals surface area contributed by atoms with Crippen LogP contribution in [0.4, 0.5) is 13.2 Å². The molecule has 5 heteroatoms. The Bertz CT molecular complexity index is 468. The molecule has 0 radical (unpaired) electrons. The molecule has 1 fully saturated rings. The summed E-state index contributed by atoms with van der Waals surface area (Å²) in [5.74, 6) is 0. The van der Waals surface area contributed by atoms with Crippen molar-refractivity contribution in [1.29, 1.82) is 0 Å². The number of fused-ring (bicyclic) bond motifs is 1. The van der Waals surface area contributed by atoms with Crippen molar-refractivity contribution in [1.82, 2.24) is 10.2 Å². The first-order valence-corrected chi connectivity index (χ1v) is 7.15. The molecule has 0 saturated heterocycles. The quantitative estimate of drug-likeness (QED) is 0.914. The van der Waals surface area contributed by atoms with Crippen LogP contribution in [0.2, 0.25) is 0 Å². The smallest absolute Gasteiger partial charge is 0.309 e.